The van der Waals surface area contributed by atoms with Gasteiger partial charge in [-0.1, -0.05) is 29.8 Å². The van der Waals surface area contributed by atoms with Crippen LogP contribution in [0.15, 0.2) is 28.9 Å². The van der Waals surface area contributed by atoms with Crippen LogP contribution in [0.2, 0.25) is 0 Å². The third-order valence-corrected chi connectivity index (χ3v) is 2.88. The van der Waals surface area contributed by atoms with Crippen molar-refractivity contribution in [3.8, 4) is 11.4 Å². The molecule has 0 radical (unpaired) electrons. The molecule has 0 saturated heterocycles. The number of hydrogen-bond acceptors (Lipinski definition) is 4. The van der Waals surface area contributed by atoms with Crippen LogP contribution in [-0.4, -0.2) is 22.5 Å². The van der Waals surface area contributed by atoms with Crippen molar-refractivity contribution in [2.75, 3.05) is 6.61 Å². The lowest BCUT2D eigenvalue weighted by atomic mass is 10.2. The largest absolute Gasteiger partial charge is 0.461 e. The zero-order valence-corrected chi connectivity index (χ0v) is 13.9. The highest BCUT2D eigenvalue weighted by atomic mass is 79.9. The highest BCUT2D eigenvalue weighted by Gasteiger charge is 2.18. The number of aromatic nitrogens is 2. The van der Waals surface area contributed by atoms with E-state index in [0.29, 0.717) is 4.47 Å². The van der Waals surface area contributed by atoms with Crippen molar-refractivity contribution in [1.29, 1.82) is 0 Å². The SMILES string of the molecule is CC.CCOC(=O)c1nc(-c2cc(Br)ccc2F)ncc1F. The molecule has 22 heavy (non-hydrogen) atoms. The van der Waals surface area contributed by atoms with Gasteiger partial charge in [-0.25, -0.2) is 23.5 Å². The summed E-state index contributed by atoms with van der Waals surface area (Å²) in [6, 6.07) is 4.17. The van der Waals surface area contributed by atoms with Gasteiger partial charge in [0.15, 0.2) is 17.3 Å². The van der Waals surface area contributed by atoms with E-state index in [0.717, 1.165) is 6.20 Å². The van der Waals surface area contributed by atoms with E-state index in [2.05, 4.69) is 30.6 Å². The Morgan fingerprint density at radius 3 is 2.59 bits per heavy atom. The average molecular weight is 373 g/mol. The molecule has 7 heteroatoms. The maximum absolute atomic E-state index is 13.7. The normalized spacial score (nSPS) is 9.73. The first-order valence-corrected chi connectivity index (χ1v) is 7.47. The lowest BCUT2D eigenvalue weighted by molar-refractivity contribution is 0.0513. The van der Waals surface area contributed by atoms with E-state index in [1.54, 1.807) is 6.92 Å². The molecule has 1 aromatic carbocycles. The van der Waals surface area contributed by atoms with Crippen LogP contribution in [-0.2, 0) is 4.74 Å². The summed E-state index contributed by atoms with van der Waals surface area (Å²) in [6.45, 7) is 5.68. The molecule has 0 aliphatic rings. The second-order valence-corrected chi connectivity index (χ2v) is 4.65. The molecular formula is C15H15BrF2N2O2. The molecule has 1 heterocycles. The van der Waals surface area contributed by atoms with Crippen LogP contribution in [0.4, 0.5) is 8.78 Å². The maximum Gasteiger partial charge on any atom is 0.360 e. The van der Waals surface area contributed by atoms with Crippen LogP contribution in [0.3, 0.4) is 0 Å². The molecule has 0 atom stereocenters. The van der Waals surface area contributed by atoms with Crippen molar-refractivity contribution < 1.29 is 18.3 Å². The second-order valence-electron chi connectivity index (χ2n) is 3.73. The van der Waals surface area contributed by atoms with Gasteiger partial charge >= 0.3 is 5.97 Å². The first kappa shape index (κ1) is 18.2. The monoisotopic (exact) mass is 372 g/mol. The Morgan fingerprint density at radius 1 is 1.27 bits per heavy atom. The third-order valence-electron chi connectivity index (χ3n) is 2.38. The number of esters is 1. The van der Waals surface area contributed by atoms with E-state index < -0.39 is 23.3 Å². The Kier molecular flexibility index (Phi) is 7.04. The van der Waals surface area contributed by atoms with Crippen LogP contribution < -0.4 is 0 Å². The summed E-state index contributed by atoms with van der Waals surface area (Å²) in [5.74, 6) is -2.49. The van der Waals surface area contributed by atoms with Gasteiger partial charge in [-0.05, 0) is 25.1 Å². The first-order chi connectivity index (χ1) is 10.5. The molecule has 1 aromatic heterocycles. The smallest absolute Gasteiger partial charge is 0.360 e. The molecule has 118 valence electrons. The molecule has 0 saturated carbocycles. The number of benzene rings is 1. The highest BCUT2D eigenvalue weighted by molar-refractivity contribution is 9.10. The zero-order valence-electron chi connectivity index (χ0n) is 12.4. The van der Waals surface area contributed by atoms with E-state index in [1.807, 2.05) is 13.8 Å². The molecule has 0 aliphatic heterocycles. The fourth-order valence-electron chi connectivity index (χ4n) is 1.51. The topological polar surface area (TPSA) is 52.1 Å². The van der Waals surface area contributed by atoms with Gasteiger partial charge in [0.05, 0.1) is 18.4 Å². The summed E-state index contributed by atoms with van der Waals surface area (Å²) in [5, 5.41) is 0. The van der Waals surface area contributed by atoms with Gasteiger partial charge in [0, 0.05) is 4.47 Å². The van der Waals surface area contributed by atoms with E-state index >= 15 is 0 Å². The fourth-order valence-corrected chi connectivity index (χ4v) is 1.87. The predicted molar refractivity (Wildman–Crippen MR) is 82.4 cm³/mol. The average Bonchev–Trinajstić information content (AvgIpc) is 2.52. The Balaban J connectivity index is 0.00000116. The number of carbonyl (C=O) groups excluding carboxylic acids is 1. The van der Waals surface area contributed by atoms with Crippen LogP contribution in [0.25, 0.3) is 11.4 Å². The highest BCUT2D eigenvalue weighted by Crippen LogP contribution is 2.24. The molecule has 0 bridgehead atoms. The van der Waals surface area contributed by atoms with E-state index in [9.17, 15) is 13.6 Å². The Hall–Kier alpha value is -1.89. The first-order valence-electron chi connectivity index (χ1n) is 6.68. The van der Waals surface area contributed by atoms with Crippen LogP contribution in [0.5, 0.6) is 0 Å². The van der Waals surface area contributed by atoms with Gasteiger partial charge in [-0.2, -0.15) is 0 Å². The molecule has 0 fully saturated rings. The lowest BCUT2D eigenvalue weighted by Gasteiger charge is -2.06. The van der Waals surface area contributed by atoms with Crippen LogP contribution in [0, 0.1) is 11.6 Å². The number of ether oxygens (including phenoxy) is 1. The van der Waals surface area contributed by atoms with Crippen molar-refractivity contribution in [2.24, 2.45) is 0 Å². The van der Waals surface area contributed by atoms with Crippen molar-refractivity contribution in [3.05, 3.63) is 46.2 Å². The van der Waals surface area contributed by atoms with Crippen molar-refractivity contribution in [1.82, 2.24) is 9.97 Å². The van der Waals surface area contributed by atoms with E-state index in [1.165, 1.54) is 18.2 Å². The minimum absolute atomic E-state index is 0.0601. The van der Waals surface area contributed by atoms with Gasteiger partial charge in [0.2, 0.25) is 0 Å². The maximum atomic E-state index is 13.7. The predicted octanol–water partition coefficient (Wildman–Crippen LogP) is 4.39. The molecule has 0 N–H and O–H groups in total. The minimum Gasteiger partial charge on any atom is -0.461 e. The quantitative estimate of drug-likeness (QED) is 0.749. The summed E-state index contributed by atoms with van der Waals surface area (Å²) in [4.78, 5) is 19.0. The molecule has 4 nitrogen and oxygen atoms in total. The number of rotatable bonds is 3. The zero-order chi connectivity index (χ0) is 16.7. The minimum atomic E-state index is -0.914. The summed E-state index contributed by atoms with van der Waals surface area (Å²) in [6.07, 6.45) is 0.814. The summed E-state index contributed by atoms with van der Waals surface area (Å²) < 4.78 is 32.5. The molecule has 0 aliphatic carbocycles. The molecule has 2 aromatic rings. The molecule has 0 unspecified atom stereocenters. The summed E-state index contributed by atoms with van der Waals surface area (Å²) in [5.41, 5.74) is -0.457. The number of hydrogen-bond donors (Lipinski definition) is 0. The van der Waals surface area contributed by atoms with Crippen molar-refractivity contribution in [3.63, 3.8) is 0 Å². The Morgan fingerprint density at radius 2 is 1.95 bits per heavy atom. The third kappa shape index (κ3) is 4.30. The molecule has 0 amide bonds. The number of carbonyl (C=O) groups is 1. The van der Waals surface area contributed by atoms with Gasteiger partial charge in [-0.15, -0.1) is 0 Å². The van der Waals surface area contributed by atoms with E-state index in [-0.39, 0.29) is 18.0 Å². The fraction of sp³-hybridized carbons (Fsp3) is 0.267. The van der Waals surface area contributed by atoms with Crippen LogP contribution >= 0.6 is 15.9 Å². The van der Waals surface area contributed by atoms with Gasteiger partial charge in [0.25, 0.3) is 0 Å². The molecule has 2 rings (SSSR count). The Labute approximate surface area is 135 Å². The summed E-state index contributed by atoms with van der Waals surface area (Å²) in [7, 11) is 0. The summed E-state index contributed by atoms with van der Waals surface area (Å²) >= 11 is 3.19. The van der Waals surface area contributed by atoms with Gasteiger partial charge < -0.3 is 4.74 Å². The van der Waals surface area contributed by atoms with Crippen molar-refractivity contribution in [2.45, 2.75) is 20.8 Å². The Bertz CT molecular complexity index is 666. The number of halogens is 3. The number of nitrogens with zero attached hydrogens (tertiary/aromatic N) is 2. The van der Waals surface area contributed by atoms with Gasteiger partial charge in [-0.3, -0.25) is 0 Å². The standard InChI is InChI=1S/C13H9BrF2N2O2.C2H6/c1-2-20-13(19)11-10(16)6-17-12(18-11)8-5-7(14)3-4-9(8)15;1-2/h3-6H,2H2,1H3;1-2H3. The second kappa shape index (κ2) is 8.53. The lowest BCUT2D eigenvalue weighted by Crippen LogP contribution is -2.11. The van der Waals surface area contributed by atoms with Gasteiger partial charge in [0.1, 0.15) is 5.82 Å². The van der Waals surface area contributed by atoms with E-state index in [4.69, 9.17) is 0 Å². The molecular weight excluding hydrogens is 358 g/mol. The van der Waals surface area contributed by atoms with Crippen LogP contribution in [0.1, 0.15) is 31.3 Å². The molecule has 0 spiro atoms. The van der Waals surface area contributed by atoms with Crippen molar-refractivity contribution >= 4 is 21.9 Å².